The Morgan fingerprint density at radius 2 is 1.11 bits per heavy atom. The molecule has 18 nitrogen and oxygen atoms in total. The standard InChI is InChI=1S/C19H37N11O7/c20-9(7-13(21)32)14(33)28-10(3-1-5-26-18(22)23)15(34)29-11(4-2-6-27-19(24)25)16(35)30-12(8-31)17(36)37/h9-12,31H,1-8,20H2,(H2,21,32)(H,28,33)(H,29,34)(H,30,35)(H,36,37)(H4,22,23,26)(H4,24,25,27). The van der Waals surface area contributed by atoms with Crippen molar-refractivity contribution >= 4 is 41.5 Å². The molecule has 18 heteroatoms. The van der Waals surface area contributed by atoms with Gasteiger partial charge in [-0.25, -0.2) is 4.79 Å². The lowest BCUT2D eigenvalue weighted by atomic mass is 10.1. The van der Waals surface area contributed by atoms with Crippen LogP contribution in [0.2, 0.25) is 0 Å². The van der Waals surface area contributed by atoms with E-state index in [9.17, 15) is 29.1 Å². The number of aliphatic hydroxyl groups excluding tert-OH is 1. The maximum Gasteiger partial charge on any atom is 0.328 e. The van der Waals surface area contributed by atoms with Crippen molar-refractivity contribution in [3.05, 3.63) is 0 Å². The number of guanidine groups is 2. The van der Waals surface area contributed by atoms with Gasteiger partial charge < -0.3 is 60.6 Å². The topological polar surface area (TPSA) is 343 Å². The minimum atomic E-state index is -1.62. The number of aliphatic hydroxyl groups is 1. The van der Waals surface area contributed by atoms with Crippen LogP contribution in [0, 0.1) is 0 Å². The van der Waals surface area contributed by atoms with E-state index >= 15 is 0 Å². The van der Waals surface area contributed by atoms with E-state index in [1.165, 1.54) is 0 Å². The number of carboxylic acid groups (broad SMARTS) is 1. The lowest BCUT2D eigenvalue weighted by Crippen LogP contribution is -2.57. The van der Waals surface area contributed by atoms with Crippen molar-refractivity contribution in [2.75, 3.05) is 19.7 Å². The summed E-state index contributed by atoms with van der Waals surface area (Å²) in [4.78, 5) is 67.9. The summed E-state index contributed by atoms with van der Waals surface area (Å²) in [5.74, 6) is -5.26. The lowest BCUT2D eigenvalue weighted by molar-refractivity contribution is -0.143. The summed E-state index contributed by atoms with van der Waals surface area (Å²) >= 11 is 0. The molecular formula is C19H37N11O7. The van der Waals surface area contributed by atoms with Gasteiger partial charge in [-0.15, -0.1) is 0 Å². The molecule has 0 spiro atoms. The highest BCUT2D eigenvalue weighted by Gasteiger charge is 2.30. The van der Waals surface area contributed by atoms with Crippen molar-refractivity contribution in [2.45, 2.75) is 56.3 Å². The summed E-state index contributed by atoms with van der Waals surface area (Å²) in [5, 5.41) is 25.2. The average Bonchev–Trinajstić information content (AvgIpc) is 2.79. The first-order chi connectivity index (χ1) is 17.3. The molecule has 4 atom stereocenters. The molecule has 0 rings (SSSR count). The zero-order valence-electron chi connectivity index (χ0n) is 20.3. The van der Waals surface area contributed by atoms with E-state index in [1.54, 1.807) is 0 Å². The van der Waals surface area contributed by atoms with Crippen LogP contribution in [0.1, 0.15) is 32.1 Å². The van der Waals surface area contributed by atoms with Crippen LogP contribution in [0.25, 0.3) is 0 Å². The number of carbonyl (C=O) groups excluding carboxylic acids is 4. The Balaban J connectivity index is 5.66. The molecule has 0 fully saturated rings. The van der Waals surface area contributed by atoms with Gasteiger partial charge in [-0.2, -0.15) is 0 Å². The average molecular weight is 532 g/mol. The van der Waals surface area contributed by atoms with Crippen LogP contribution in [0.4, 0.5) is 0 Å². The Labute approximate surface area is 212 Å². The maximum absolute atomic E-state index is 13.0. The molecule has 210 valence electrons. The number of aliphatic imine (C=N–C) groups is 2. The summed E-state index contributed by atoms with van der Waals surface area (Å²) < 4.78 is 0. The molecule has 37 heavy (non-hydrogen) atoms. The third kappa shape index (κ3) is 14.7. The third-order valence-corrected chi connectivity index (χ3v) is 4.71. The van der Waals surface area contributed by atoms with Crippen molar-refractivity contribution in [1.82, 2.24) is 16.0 Å². The van der Waals surface area contributed by atoms with Crippen LogP contribution in [-0.4, -0.2) is 95.6 Å². The number of hydrogen-bond donors (Lipinski definition) is 11. The van der Waals surface area contributed by atoms with E-state index in [0.717, 1.165) is 0 Å². The van der Waals surface area contributed by atoms with E-state index in [4.69, 9.17) is 39.5 Å². The highest BCUT2D eigenvalue weighted by Crippen LogP contribution is 2.05. The Kier molecular flexibility index (Phi) is 15.3. The molecule has 17 N–H and O–H groups in total. The Morgan fingerprint density at radius 1 is 0.703 bits per heavy atom. The first kappa shape index (κ1) is 32.8. The molecule has 0 aliphatic rings. The zero-order chi connectivity index (χ0) is 28.5. The van der Waals surface area contributed by atoms with E-state index in [2.05, 4.69) is 25.9 Å². The molecule has 0 bridgehead atoms. The van der Waals surface area contributed by atoms with Crippen molar-refractivity contribution < 1.29 is 34.2 Å². The van der Waals surface area contributed by atoms with E-state index in [1.807, 2.05) is 0 Å². The SMILES string of the molecule is NC(=O)CC(N)C(=O)NC(CCCN=C(N)N)C(=O)NC(CCCN=C(N)N)C(=O)NC(CO)C(=O)O. The Morgan fingerprint density at radius 3 is 1.46 bits per heavy atom. The molecule has 0 aliphatic carbocycles. The van der Waals surface area contributed by atoms with E-state index < -0.39 is 66.8 Å². The number of rotatable bonds is 18. The molecule has 0 aromatic carbocycles. The fraction of sp³-hybridized carbons (Fsp3) is 0.632. The van der Waals surface area contributed by atoms with E-state index in [0.29, 0.717) is 0 Å². The summed E-state index contributed by atoms with van der Waals surface area (Å²) in [7, 11) is 0. The van der Waals surface area contributed by atoms with Crippen molar-refractivity contribution in [2.24, 2.45) is 44.4 Å². The number of carboxylic acids is 1. The summed E-state index contributed by atoms with van der Waals surface area (Å²) in [6.45, 7) is -0.670. The summed E-state index contributed by atoms with van der Waals surface area (Å²) in [5.41, 5.74) is 31.8. The highest BCUT2D eigenvalue weighted by molar-refractivity contribution is 5.95. The van der Waals surface area contributed by atoms with E-state index in [-0.39, 0.29) is 50.7 Å². The largest absolute Gasteiger partial charge is 0.480 e. The molecular weight excluding hydrogens is 494 g/mol. The van der Waals surface area contributed by atoms with Crippen LogP contribution in [0.15, 0.2) is 9.98 Å². The fourth-order valence-electron chi connectivity index (χ4n) is 2.86. The molecule has 0 saturated carbocycles. The van der Waals surface area contributed by atoms with Gasteiger partial charge in [-0.3, -0.25) is 29.2 Å². The van der Waals surface area contributed by atoms with Gasteiger partial charge in [-0.05, 0) is 25.7 Å². The second kappa shape index (κ2) is 17.3. The van der Waals surface area contributed by atoms with Gasteiger partial charge in [0.05, 0.1) is 19.1 Å². The van der Waals surface area contributed by atoms with Crippen molar-refractivity contribution in [1.29, 1.82) is 0 Å². The van der Waals surface area contributed by atoms with Gasteiger partial charge in [0.1, 0.15) is 18.1 Å². The number of carbonyl (C=O) groups is 5. The van der Waals surface area contributed by atoms with Gasteiger partial charge in [0, 0.05) is 13.1 Å². The summed E-state index contributed by atoms with van der Waals surface area (Å²) in [6.07, 6.45) is -0.0511. The minimum Gasteiger partial charge on any atom is -0.480 e. The highest BCUT2D eigenvalue weighted by atomic mass is 16.4. The lowest BCUT2D eigenvalue weighted by Gasteiger charge is -2.25. The maximum atomic E-state index is 13.0. The number of nitrogens with zero attached hydrogens (tertiary/aromatic N) is 2. The molecule has 0 heterocycles. The monoisotopic (exact) mass is 531 g/mol. The molecule has 0 aliphatic heterocycles. The molecule has 0 radical (unpaired) electrons. The van der Waals surface area contributed by atoms with Gasteiger partial charge in [0.25, 0.3) is 0 Å². The number of nitrogens with two attached hydrogens (primary N) is 6. The number of amides is 4. The summed E-state index contributed by atoms with van der Waals surface area (Å²) in [6, 6.07) is -5.47. The van der Waals surface area contributed by atoms with Crippen molar-refractivity contribution in [3.8, 4) is 0 Å². The Hall–Kier alpha value is -4.19. The molecule has 4 amide bonds. The van der Waals surface area contributed by atoms with Crippen LogP contribution >= 0.6 is 0 Å². The molecule has 0 saturated heterocycles. The van der Waals surface area contributed by atoms with Crippen LogP contribution in [0.3, 0.4) is 0 Å². The van der Waals surface area contributed by atoms with Crippen LogP contribution in [0.5, 0.6) is 0 Å². The van der Waals surface area contributed by atoms with Gasteiger partial charge >= 0.3 is 5.97 Å². The quantitative estimate of drug-likeness (QED) is 0.0447. The van der Waals surface area contributed by atoms with Gasteiger partial charge in [0.2, 0.25) is 23.6 Å². The first-order valence-corrected chi connectivity index (χ1v) is 11.2. The van der Waals surface area contributed by atoms with Crippen LogP contribution in [-0.2, 0) is 24.0 Å². The Bertz CT molecular complexity index is 857. The zero-order valence-corrected chi connectivity index (χ0v) is 20.3. The number of nitrogens with one attached hydrogen (secondary N) is 3. The van der Waals surface area contributed by atoms with Gasteiger partial charge in [0.15, 0.2) is 11.9 Å². The smallest absolute Gasteiger partial charge is 0.328 e. The minimum absolute atomic E-state index is 0.00831. The number of hydrogen-bond acceptors (Lipinski definition) is 9. The van der Waals surface area contributed by atoms with Gasteiger partial charge in [-0.1, -0.05) is 0 Å². The fourth-order valence-corrected chi connectivity index (χ4v) is 2.86. The normalized spacial score (nSPS) is 13.7. The third-order valence-electron chi connectivity index (χ3n) is 4.71. The predicted octanol–water partition coefficient (Wildman–Crippen LogP) is -6.17. The predicted molar refractivity (Wildman–Crippen MR) is 132 cm³/mol. The second-order valence-electron chi connectivity index (χ2n) is 7.88. The molecule has 4 unspecified atom stereocenters. The van der Waals surface area contributed by atoms with Crippen molar-refractivity contribution in [3.63, 3.8) is 0 Å². The number of aliphatic carboxylic acids is 1. The second-order valence-corrected chi connectivity index (χ2v) is 7.88. The number of primary amides is 1. The molecule has 0 aromatic rings. The first-order valence-electron chi connectivity index (χ1n) is 11.2. The molecule has 0 aromatic heterocycles. The van der Waals surface area contributed by atoms with Crippen LogP contribution < -0.4 is 50.4 Å².